The summed E-state index contributed by atoms with van der Waals surface area (Å²) in [6.45, 7) is 3.42. The van der Waals surface area contributed by atoms with E-state index in [-0.39, 0.29) is 31.7 Å². The Hall–Kier alpha value is -3.82. The number of benzene rings is 1. The van der Waals surface area contributed by atoms with E-state index in [1.165, 1.54) is 0 Å². The first-order valence-electron chi connectivity index (χ1n) is 11.7. The molecular formula is C25H34N6O5. The van der Waals surface area contributed by atoms with Crippen molar-refractivity contribution in [2.45, 2.75) is 51.3 Å². The molecule has 0 saturated heterocycles. The Balaban J connectivity index is 2.30. The maximum absolute atomic E-state index is 13.4. The molecule has 0 unspecified atom stereocenters. The van der Waals surface area contributed by atoms with E-state index in [2.05, 4.69) is 15.4 Å². The third kappa shape index (κ3) is 8.44. The van der Waals surface area contributed by atoms with Crippen molar-refractivity contribution in [1.82, 2.24) is 20.1 Å². The first-order chi connectivity index (χ1) is 17.0. The van der Waals surface area contributed by atoms with Crippen LogP contribution in [0, 0.1) is 0 Å². The van der Waals surface area contributed by atoms with Crippen molar-refractivity contribution < 1.29 is 28.7 Å². The fourth-order valence-corrected chi connectivity index (χ4v) is 3.80. The highest BCUT2D eigenvalue weighted by Gasteiger charge is 2.29. The van der Waals surface area contributed by atoms with E-state index >= 15 is 0 Å². The molecule has 0 fully saturated rings. The summed E-state index contributed by atoms with van der Waals surface area (Å²) in [5.74, 6) is -2.14. The van der Waals surface area contributed by atoms with Crippen LogP contribution < -0.4 is 10.6 Å². The maximum atomic E-state index is 13.4. The zero-order valence-electron chi connectivity index (χ0n) is 21.4. The Bertz CT molecular complexity index is 1150. The lowest BCUT2D eigenvalue weighted by Gasteiger charge is -2.23. The number of nitrogens with zero attached hydrogens (tertiary/aromatic N) is 4. The SMILES string of the molecule is CC(C)OC(=O)[C@H](CCC(=O)C=[N+]=[N-])NC(=O)[C@H](Cc1cn(C)c2ccccc12)NC(=O)CN(C)C. The van der Waals surface area contributed by atoms with Crippen LogP contribution in [0.2, 0.25) is 0 Å². The van der Waals surface area contributed by atoms with Crippen molar-refractivity contribution in [2.24, 2.45) is 7.05 Å². The molecule has 2 aromatic rings. The smallest absolute Gasteiger partial charge is 0.328 e. The highest BCUT2D eigenvalue weighted by atomic mass is 16.5. The highest BCUT2D eigenvalue weighted by Crippen LogP contribution is 2.21. The van der Waals surface area contributed by atoms with Crippen LogP contribution in [-0.2, 0) is 37.4 Å². The van der Waals surface area contributed by atoms with Crippen LogP contribution >= 0.6 is 0 Å². The van der Waals surface area contributed by atoms with E-state index in [1.54, 1.807) is 32.8 Å². The lowest BCUT2D eigenvalue weighted by molar-refractivity contribution is -0.152. The van der Waals surface area contributed by atoms with E-state index in [9.17, 15) is 19.2 Å². The average Bonchev–Trinajstić information content (AvgIpc) is 3.10. The van der Waals surface area contributed by atoms with Crippen LogP contribution in [0.3, 0.4) is 0 Å². The van der Waals surface area contributed by atoms with Crippen LogP contribution in [0.5, 0.6) is 0 Å². The molecular weight excluding hydrogens is 464 g/mol. The first kappa shape index (κ1) is 28.4. The van der Waals surface area contributed by atoms with Gasteiger partial charge in [-0.2, -0.15) is 4.79 Å². The van der Waals surface area contributed by atoms with E-state index in [4.69, 9.17) is 10.3 Å². The predicted octanol–water partition coefficient (Wildman–Crippen LogP) is 0.854. The fourth-order valence-electron chi connectivity index (χ4n) is 3.80. The second-order valence-corrected chi connectivity index (χ2v) is 9.14. The molecule has 2 N–H and O–H groups in total. The second kappa shape index (κ2) is 13.3. The maximum Gasteiger partial charge on any atom is 0.328 e. The van der Waals surface area contributed by atoms with Gasteiger partial charge in [0.25, 0.3) is 0 Å². The van der Waals surface area contributed by atoms with E-state index < -0.39 is 35.8 Å². The van der Waals surface area contributed by atoms with Crippen LogP contribution in [-0.4, -0.2) is 82.9 Å². The predicted molar refractivity (Wildman–Crippen MR) is 134 cm³/mol. The van der Waals surface area contributed by atoms with Gasteiger partial charge >= 0.3 is 12.2 Å². The number of esters is 1. The summed E-state index contributed by atoms with van der Waals surface area (Å²) in [4.78, 5) is 54.8. The number of carbonyl (C=O) groups excluding carboxylic acids is 4. The third-order valence-electron chi connectivity index (χ3n) is 5.35. The summed E-state index contributed by atoms with van der Waals surface area (Å²) >= 11 is 0. The van der Waals surface area contributed by atoms with Gasteiger partial charge in [-0.3, -0.25) is 14.4 Å². The van der Waals surface area contributed by atoms with Crippen molar-refractivity contribution in [2.75, 3.05) is 20.6 Å². The number of para-hydroxylation sites is 1. The molecule has 194 valence electrons. The lowest BCUT2D eigenvalue weighted by Crippen LogP contribution is -2.54. The second-order valence-electron chi connectivity index (χ2n) is 9.14. The van der Waals surface area contributed by atoms with Gasteiger partial charge in [0, 0.05) is 37.0 Å². The molecule has 1 aromatic carbocycles. The number of rotatable bonds is 13. The number of nitrogens with one attached hydrogen (secondary N) is 2. The molecule has 1 aromatic heterocycles. The van der Waals surface area contributed by atoms with Crippen LogP contribution in [0.1, 0.15) is 32.3 Å². The number of aromatic nitrogens is 1. The largest absolute Gasteiger partial charge is 0.461 e. The van der Waals surface area contributed by atoms with Crippen molar-refractivity contribution >= 4 is 40.7 Å². The number of hydrogen-bond acceptors (Lipinski definition) is 6. The standard InChI is InChI=1S/C25H34N6O5/c1-16(2)36-25(35)20(11-10-18(32)13-27-26)29-24(34)21(28-23(33)15-30(3)4)12-17-14-31(5)22-9-7-6-8-19(17)22/h6-9,13-14,16,20-21H,10-12,15H2,1-5H3,(H,28,33)(H,29,34)/t20-,21-/m0/s1. The van der Waals surface area contributed by atoms with Gasteiger partial charge in [0.2, 0.25) is 17.6 Å². The number of Topliss-reactive ketones (excluding diaryl/α,β-unsaturated/α-hetero) is 1. The summed E-state index contributed by atoms with van der Waals surface area (Å²) < 4.78 is 7.20. The van der Waals surface area contributed by atoms with Gasteiger partial charge in [0.1, 0.15) is 12.1 Å². The normalized spacial score (nSPS) is 12.6. The molecule has 11 nitrogen and oxygen atoms in total. The summed E-state index contributed by atoms with van der Waals surface area (Å²) in [5, 5.41) is 6.36. The molecule has 0 radical (unpaired) electrons. The van der Waals surface area contributed by atoms with Crippen molar-refractivity contribution in [3.63, 3.8) is 0 Å². The number of fused-ring (bicyclic) bond motifs is 1. The lowest BCUT2D eigenvalue weighted by atomic mass is 10.0. The minimum Gasteiger partial charge on any atom is -0.461 e. The highest BCUT2D eigenvalue weighted by molar-refractivity contribution is 6.25. The minimum atomic E-state index is -1.13. The average molecular weight is 499 g/mol. The molecule has 0 bridgehead atoms. The summed E-state index contributed by atoms with van der Waals surface area (Å²) in [5.41, 5.74) is 10.4. The van der Waals surface area contributed by atoms with Gasteiger partial charge in [-0.25, -0.2) is 4.79 Å². The molecule has 2 amide bonds. The molecule has 0 aliphatic carbocycles. The number of ketones is 1. The van der Waals surface area contributed by atoms with Crippen LogP contribution in [0.25, 0.3) is 16.4 Å². The van der Waals surface area contributed by atoms with Gasteiger partial charge in [0.05, 0.1) is 12.6 Å². The Kier molecular flexibility index (Phi) is 10.5. The molecule has 0 aliphatic rings. The molecule has 11 heteroatoms. The summed E-state index contributed by atoms with van der Waals surface area (Å²) in [6.07, 6.45) is 2.18. The monoisotopic (exact) mass is 498 g/mol. The summed E-state index contributed by atoms with van der Waals surface area (Å²) in [7, 11) is 5.38. The van der Waals surface area contributed by atoms with Crippen molar-refractivity contribution in [3.05, 3.63) is 41.6 Å². The molecule has 0 spiro atoms. The summed E-state index contributed by atoms with van der Waals surface area (Å²) in [6, 6.07) is 5.62. The van der Waals surface area contributed by atoms with Crippen LogP contribution in [0.4, 0.5) is 0 Å². The number of carbonyl (C=O) groups is 4. The van der Waals surface area contributed by atoms with Gasteiger partial charge in [0.15, 0.2) is 0 Å². The quantitative estimate of drug-likeness (QED) is 0.181. The number of ether oxygens (including phenoxy) is 1. The van der Waals surface area contributed by atoms with Gasteiger partial charge in [-0.15, -0.1) is 0 Å². The Morgan fingerprint density at radius 2 is 1.83 bits per heavy atom. The Morgan fingerprint density at radius 1 is 1.14 bits per heavy atom. The van der Waals surface area contributed by atoms with Crippen molar-refractivity contribution in [3.8, 4) is 0 Å². The van der Waals surface area contributed by atoms with E-state index in [1.807, 2.05) is 42.1 Å². The number of hydrogen-bond donors (Lipinski definition) is 2. The topological polar surface area (TPSA) is 146 Å². The Labute approximate surface area is 210 Å². The Morgan fingerprint density at radius 3 is 2.47 bits per heavy atom. The van der Waals surface area contributed by atoms with E-state index in [0.29, 0.717) is 0 Å². The fraction of sp³-hybridized carbons (Fsp3) is 0.480. The molecule has 1 heterocycles. The van der Waals surface area contributed by atoms with E-state index in [0.717, 1.165) is 22.7 Å². The number of likely N-dealkylation sites (N-methyl/N-ethyl adjacent to an activating group) is 1. The van der Waals surface area contributed by atoms with Crippen LogP contribution in [0.15, 0.2) is 30.5 Å². The zero-order chi connectivity index (χ0) is 26.8. The minimum absolute atomic E-state index is 0.0607. The molecule has 0 saturated carbocycles. The molecule has 2 rings (SSSR count). The van der Waals surface area contributed by atoms with Gasteiger partial charge in [-0.05, 0) is 46.0 Å². The molecule has 2 atom stereocenters. The van der Waals surface area contributed by atoms with Crippen molar-refractivity contribution in [1.29, 1.82) is 0 Å². The zero-order valence-corrected chi connectivity index (χ0v) is 21.4. The third-order valence-corrected chi connectivity index (χ3v) is 5.35. The number of aryl methyl sites for hydroxylation is 1. The van der Waals surface area contributed by atoms with Gasteiger partial charge < -0.3 is 30.4 Å². The first-order valence-corrected chi connectivity index (χ1v) is 11.7. The number of amides is 2. The van der Waals surface area contributed by atoms with Gasteiger partial charge in [-0.1, -0.05) is 18.2 Å². The molecule has 0 aliphatic heterocycles. The molecule has 36 heavy (non-hydrogen) atoms.